The molecule has 0 saturated carbocycles. The smallest absolute Gasteiger partial charge is 0.311 e. The summed E-state index contributed by atoms with van der Waals surface area (Å²) in [5, 5.41) is 0. The topological polar surface area (TPSA) is 260 Å². The molecule has 2 aliphatic heterocycles. The van der Waals surface area contributed by atoms with Crippen molar-refractivity contribution in [1.82, 2.24) is 0 Å². The average molecular weight is 1170 g/mol. The maximum atomic E-state index is 14.0. The van der Waals surface area contributed by atoms with Crippen LogP contribution < -0.4 is 0 Å². The molecular weight excluding hydrogens is 1080 g/mol. The van der Waals surface area contributed by atoms with Gasteiger partial charge < -0.3 is 56.8 Å². The molecule has 0 unspecified atom stereocenters. The third-order valence-corrected chi connectivity index (χ3v) is 13.2. The van der Waals surface area contributed by atoms with Gasteiger partial charge in [-0.05, 0) is 39.7 Å². The molecule has 21 heteroatoms. The lowest BCUT2D eigenvalue weighted by Gasteiger charge is -2.48. The molecule has 0 radical (unpaired) electrons. The van der Waals surface area contributed by atoms with Crippen LogP contribution >= 0.6 is 0 Å². The van der Waals surface area contributed by atoms with E-state index in [2.05, 4.69) is 6.92 Å². The highest BCUT2D eigenvalue weighted by molar-refractivity contribution is 6.13. The number of carbonyl (C=O) groups is 8. The molecule has 2 aromatic carbocycles. The zero-order valence-electron chi connectivity index (χ0n) is 50.1. The molecular formula is C62H87NO20. The summed E-state index contributed by atoms with van der Waals surface area (Å²) in [6.07, 6.45) is -0.560. The van der Waals surface area contributed by atoms with Gasteiger partial charge in [-0.3, -0.25) is 43.3 Å². The second-order valence-electron chi connectivity index (χ2n) is 21.6. The van der Waals surface area contributed by atoms with Crippen LogP contribution in [0.1, 0.15) is 164 Å². The van der Waals surface area contributed by atoms with Crippen molar-refractivity contribution in [2.75, 3.05) is 19.8 Å². The molecule has 2 fully saturated rings. The van der Waals surface area contributed by atoms with E-state index in [-0.39, 0.29) is 0 Å². The van der Waals surface area contributed by atoms with Gasteiger partial charge >= 0.3 is 47.8 Å². The van der Waals surface area contributed by atoms with Gasteiger partial charge in [-0.1, -0.05) is 138 Å². The number of hydrogen-bond acceptors (Lipinski definition) is 21. The first kappa shape index (κ1) is 68.9. The summed E-state index contributed by atoms with van der Waals surface area (Å²) in [6, 6.07) is 17.7. The fourth-order valence-electron chi connectivity index (χ4n) is 9.38. The van der Waals surface area contributed by atoms with Gasteiger partial charge in [0.05, 0.1) is 17.7 Å². The fourth-order valence-corrected chi connectivity index (χ4v) is 9.38. The number of benzene rings is 2. The number of rotatable bonds is 32. The Hall–Kier alpha value is -6.55. The Kier molecular flexibility index (Phi) is 29.5. The van der Waals surface area contributed by atoms with Crippen LogP contribution in [0, 0.1) is 5.41 Å². The van der Waals surface area contributed by atoms with Crippen molar-refractivity contribution in [2.24, 2.45) is 10.4 Å². The second kappa shape index (κ2) is 35.6. The number of hydrogen-bond donors (Lipinski definition) is 0. The predicted octanol–water partition coefficient (Wildman–Crippen LogP) is 8.74. The monoisotopic (exact) mass is 1170 g/mol. The zero-order valence-corrected chi connectivity index (χ0v) is 50.1. The van der Waals surface area contributed by atoms with E-state index in [0.29, 0.717) is 12.1 Å². The second-order valence-corrected chi connectivity index (χ2v) is 21.6. The molecule has 0 aliphatic carbocycles. The lowest BCUT2D eigenvalue weighted by molar-refractivity contribution is -0.361. The minimum Gasteiger partial charge on any atom is -0.463 e. The molecule has 2 aliphatic rings. The van der Waals surface area contributed by atoms with Crippen molar-refractivity contribution in [2.45, 2.75) is 227 Å². The summed E-state index contributed by atoms with van der Waals surface area (Å²) in [5.41, 5.74) is 0.998. The summed E-state index contributed by atoms with van der Waals surface area (Å²) in [5.74, 6) is -6.66. The van der Waals surface area contributed by atoms with Crippen molar-refractivity contribution >= 4 is 53.5 Å². The zero-order chi connectivity index (χ0) is 61.1. The summed E-state index contributed by atoms with van der Waals surface area (Å²) in [4.78, 5) is 109. The summed E-state index contributed by atoms with van der Waals surface area (Å²) < 4.78 is 71.8. The average Bonchev–Trinajstić information content (AvgIpc) is 3.59. The predicted molar refractivity (Wildman–Crippen MR) is 301 cm³/mol. The van der Waals surface area contributed by atoms with Gasteiger partial charge in [-0.2, -0.15) is 0 Å². The van der Waals surface area contributed by atoms with E-state index in [4.69, 9.17) is 61.8 Å². The molecule has 2 heterocycles. The van der Waals surface area contributed by atoms with E-state index in [1.54, 1.807) is 26.8 Å². The number of esters is 8. The molecule has 21 nitrogen and oxygen atoms in total. The normalized spacial score (nSPS) is 23.1. The molecule has 0 amide bonds. The Morgan fingerprint density at radius 3 is 1.39 bits per heavy atom. The van der Waals surface area contributed by atoms with Gasteiger partial charge in [0.1, 0.15) is 43.7 Å². The van der Waals surface area contributed by atoms with E-state index in [9.17, 15) is 38.4 Å². The van der Waals surface area contributed by atoms with Crippen molar-refractivity contribution in [3.63, 3.8) is 0 Å². The third kappa shape index (κ3) is 24.3. The van der Waals surface area contributed by atoms with E-state index >= 15 is 0 Å². The molecule has 0 spiro atoms. The highest BCUT2D eigenvalue weighted by Gasteiger charge is 2.58. The van der Waals surface area contributed by atoms with E-state index in [0.717, 1.165) is 85.3 Å². The molecule has 2 saturated heterocycles. The number of unbranched alkanes of at least 4 members (excludes halogenated alkanes) is 11. The number of carbonyl (C=O) groups excluding carboxylic acids is 8. The molecule has 4 rings (SSSR count). The van der Waals surface area contributed by atoms with Crippen LogP contribution in [0.15, 0.2) is 77.8 Å². The number of allylic oxidation sites excluding steroid dienone is 1. The highest BCUT2D eigenvalue weighted by Crippen LogP contribution is 2.36. The van der Waals surface area contributed by atoms with Crippen molar-refractivity contribution in [3.05, 3.63) is 83.9 Å². The fraction of sp³-hybridized carbons (Fsp3) is 0.629. The maximum absolute atomic E-state index is 14.0. The van der Waals surface area contributed by atoms with Crippen LogP contribution in [0.3, 0.4) is 0 Å². The Labute approximate surface area is 488 Å². The summed E-state index contributed by atoms with van der Waals surface area (Å²) in [7, 11) is 0. The largest absolute Gasteiger partial charge is 0.463 e. The first-order valence-electron chi connectivity index (χ1n) is 28.8. The maximum Gasteiger partial charge on any atom is 0.311 e. The van der Waals surface area contributed by atoms with Crippen molar-refractivity contribution < 1.29 is 95.2 Å². The van der Waals surface area contributed by atoms with Crippen LogP contribution in [-0.4, -0.2) is 147 Å². The van der Waals surface area contributed by atoms with Crippen LogP contribution in [0.4, 0.5) is 0 Å². The van der Waals surface area contributed by atoms with Crippen LogP contribution in [0.5, 0.6) is 0 Å². The van der Waals surface area contributed by atoms with Gasteiger partial charge in [0.2, 0.25) is 0 Å². The minimum absolute atomic E-state index is 0.422. The van der Waals surface area contributed by atoms with E-state index in [1.165, 1.54) is 44.9 Å². The third-order valence-electron chi connectivity index (χ3n) is 13.2. The molecule has 2 aromatic rings. The SMILES string of the molecule is CCCCCCCCCCCCC/C=C/[C@H](OC(=O)C(C)(C)C)[C@H](CO[C@@H]1O[C@H](COC(C)=O)[C@@H](O[C@@H]2O[C@H](COC(C)=O)[C@H](OC(C)=O)[C@H](OC(C)=O)[C@H]2OC(C)=O)[C@H](OC(C)=O)[C@H]1OC(C)=O)N=C(c1ccccc1)c1ccccc1. The number of ether oxygens (including phenoxy) is 12. The molecule has 460 valence electrons. The Morgan fingerprint density at radius 1 is 0.518 bits per heavy atom. The standard InChI is InChI=1S/C62H87NO20/c1-12-13-14-15-16-17-18-19-20-21-22-23-30-35-49(82-61(71)62(9,10)11)48(63-52(46-31-26-24-27-32-46)47-33-28-25-29-34-47)36-74-59-57(78-44(7)69)56(77-43(6)68)54(51(80-59)38-73-40(3)65)83-60-58(79-45(8)70)55(76-42(5)67)53(75-41(4)66)50(81-60)37-72-39(2)64/h24-35,48-51,53-60H,12-23,36-38H2,1-11H3/b35-30+/t48-,49-,50+,51+,53-,54+,55-,56-,57+,58+,59+,60-/m0/s1. The van der Waals surface area contributed by atoms with Gasteiger partial charge in [0.15, 0.2) is 43.1 Å². The van der Waals surface area contributed by atoms with Crippen molar-refractivity contribution in [3.8, 4) is 0 Å². The Bertz CT molecular complexity index is 2400. The first-order chi connectivity index (χ1) is 39.5. The van der Waals surface area contributed by atoms with Gasteiger partial charge in [0, 0.05) is 59.6 Å². The van der Waals surface area contributed by atoms with Gasteiger partial charge in [-0.25, -0.2) is 0 Å². The molecule has 0 N–H and O–H groups in total. The highest BCUT2D eigenvalue weighted by atomic mass is 16.8. The number of aliphatic imine (C=N–C) groups is 1. The quantitative estimate of drug-likeness (QED) is 0.0218. The van der Waals surface area contributed by atoms with Crippen LogP contribution in [-0.2, 0) is 95.2 Å². The first-order valence-corrected chi connectivity index (χ1v) is 28.8. The molecule has 0 bridgehead atoms. The Morgan fingerprint density at radius 2 is 0.928 bits per heavy atom. The Balaban J connectivity index is 1.85. The molecule has 83 heavy (non-hydrogen) atoms. The van der Waals surface area contributed by atoms with Crippen LogP contribution in [0.25, 0.3) is 0 Å². The molecule has 0 aromatic heterocycles. The summed E-state index contributed by atoms with van der Waals surface area (Å²) >= 11 is 0. The van der Waals surface area contributed by atoms with Gasteiger partial charge in [0.25, 0.3) is 0 Å². The van der Waals surface area contributed by atoms with E-state index < -0.39 is 147 Å². The van der Waals surface area contributed by atoms with Gasteiger partial charge in [-0.15, -0.1) is 0 Å². The summed E-state index contributed by atoms with van der Waals surface area (Å²) in [6.45, 7) is 13.2. The van der Waals surface area contributed by atoms with E-state index in [1.807, 2.05) is 66.7 Å². The van der Waals surface area contributed by atoms with Crippen LogP contribution in [0.2, 0.25) is 0 Å². The lowest BCUT2D eigenvalue weighted by Crippen LogP contribution is -2.67. The molecule has 12 atom stereocenters. The lowest BCUT2D eigenvalue weighted by atomic mass is 9.96. The number of nitrogens with zero attached hydrogens (tertiary/aromatic N) is 1. The minimum atomic E-state index is -1.89. The van der Waals surface area contributed by atoms with Crippen molar-refractivity contribution in [1.29, 1.82) is 0 Å².